The molecule has 2 bridgehead atoms. The average Bonchev–Trinajstić information content (AvgIpc) is 2.86. The van der Waals surface area contributed by atoms with Crippen LogP contribution in [0.15, 0.2) is 30.3 Å². The van der Waals surface area contributed by atoms with E-state index in [9.17, 15) is 13.2 Å². The van der Waals surface area contributed by atoms with Crippen LogP contribution in [-0.2, 0) is 17.4 Å². The third kappa shape index (κ3) is 3.37. The quantitative estimate of drug-likeness (QED) is 0.437. The van der Waals surface area contributed by atoms with Gasteiger partial charge in [-0.25, -0.2) is 0 Å². The maximum absolute atomic E-state index is 13.1. The van der Waals surface area contributed by atoms with Gasteiger partial charge in [-0.2, -0.15) is 0 Å². The van der Waals surface area contributed by atoms with Gasteiger partial charge in [0.15, 0.2) is 0 Å². The summed E-state index contributed by atoms with van der Waals surface area (Å²) in [6, 6.07) is 9.68. The number of fused-ring (bicyclic) bond motifs is 2. The summed E-state index contributed by atoms with van der Waals surface area (Å²) in [5.74, 6) is 0.248. The molecule has 1 aromatic rings. The summed E-state index contributed by atoms with van der Waals surface area (Å²) in [5.41, 5.74) is -1.04. The molecule has 0 aliphatic heterocycles. The van der Waals surface area contributed by atoms with Gasteiger partial charge in [0.25, 0.3) is 0 Å². The van der Waals surface area contributed by atoms with Gasteiger partial charge < -0.3 is 0 Å². The maximum atomic E-state index is 13.1. The van der Waals surface area contributed by atoms with E-state index < -0.39 is 35.8 Å². The molecule has 26 heavy (non-hydrogen) atoms. The minimum absolute atomic E-state index is 0.113. The van der Waals surface area contributed by atoms with Crippen molar-refractivity contribution in [2.75, 3.05) is 5.75 Å². The van der Waals surface area contributed by atoms with Crippen molar-refractivity contribution in [1.82, 2.24) is 0 Å². The summed E-state index contributed by atoms with van der Waals surface area (Å²) in [7, 11) is -3.79. The molecule has 2 unspecified atom stereocenters. The first kappa shape index (κ1) is 20.3. The number of alkyl halides is 1. The normalized spacial score (nSPS) is 28.4. The molecule has 0 spiro atoms. The van der Waals surface area contributed by atoms with Crippen LogP contribution < -0.4 is 0 Å². The van der Waals surface area contributed by atoms with Gasteiger partial charge in [0.05, 0.1) is 0 Å². The van der Waals surface area contributed by atoms with Crippen LogP contribution in [0.5, 0.6) is 0 Å². The Balaban J connectivity index is 1.90. The summed E-state index contributed by atoms with van der Waals surface area (Å²) in [5, 5.41) is 0. The number of carbonyl (C=O) groups is 1. The average molecular weight is 492 g/mol. The fourth-order valence-electron chi connectivity index (χ4n) is 4.52. The molecule has 2 aliphatic carbocycles. The Bertz CT molecular complexity index is 795. The van der Waals surface area contributed by atoms with E-state index in [2.05, 4.69) is 13.8 Å². The Hall–Kier alpha value is -0.470. The zero-order valence-electron chi connectivity index (χ0n) is 16.2. The van der Waals surface area contributed by atoms with Crippen molar-refractivity contribution < 1.29 is 15.7 Å². The van der Waals surface area contributed by atoms with Crippen molar-refractivity contribution in [2.24, 2.45) is 16.7 Å². The molecule has 146 valence electrons. The van der Waals surface area contributed by atoms with Crippen molar-refractivity contribution in [3.05, 3.63) is 33.9 Å². The minimum atomic E-state index is -3.79. The molecule has 0 amide bonds. The number of halogens is 1. The molecule has 2 saturated carbocycles. The van der Waals surface area contributed by atoms with Gasteiger partial charge in [-0.15, -0.1) is 0 Å². The van der Waals surface area contributed by atoms with E-state index >= 15 is 0 Å². The number of carbonyl (C=O) groups excluding carboxylic acids is 1. The fourth-order valence-corrected chi connectivity index (χ4v) is 13.5. The molecule has 0 aromatic heterocycles. The third-order valence-corrected chi connectivity index (χ3v) is 14.8. The molecule has 0 heterocycles. The van der Waals surface area contributed by atoms with Crippen LogP contribution >= 0.6 is 20.2 Å². The van der Waals surface area contributed by atoms with Gasteiger partial charge in [0, 0.05) is 0 Å². The molecule has 4 nitrogen and oxygen atoms in total. The monoisotopic (exact) mass is 492 g/mol. The first-order valence-corrected chi connectivity index (χ1v) is 13.7. The number of rotatable bonds is 5. The van der Waals surface area contributed by atoms with Crippen LogP contribution in [0.4, 0.5) is 0 Å². The van der Waals surface area contributed by atoms with Crippen molar-refractivity contribution in [3.8, 4) is 0 Å². The van der Waals surface area contributed by atoms with Gasteiger partial charge >= 0.3 is 166 Å². The first-order chi connectivity index (χ1) is 11.9. The van der Waals surface area contributed by atoms with E-state index in [1.807, 2.05) is 51.1 Å². The molecule has 0 saturated heterocycles. The van der Waals surface area contributed by atoms with Gasteiger partial charge in [0.1, 0.15) is 0 Å². The van der Waals surface area contributed by atoms with Crippen LogP contribution in [0.1, 0.15) is 53.9 Å². The van der Waals surface area contributed by atoms with Gasteiger partial charge in [-0.3, -0.25) is 0 Å². The zero-order valence-corrected chi connectivity index (χ0v) is 19.2. The van der Waals surface area contributed by atoms with E-state index in [1.54, 1.807) is 0 Å². The topological polar surface area (TPSA) is 60.4 Å². The van der Waals surface area contributed by atoms with Gasteiger partial charge in [-0.1, -0.05) is 0 Å². The van der Waals surface area contributed by atoms with E-state index in [4.69, 9.17) is 2.51 Å². The van der Waals surface area contributed by atoms with E-state index in [0.29, 0.717) is 18.8 Å². The summed E-state index contributed by atoms with van der Waals surface area (Å²) in [4.78, 5) is 12.7. The van der Waals surface area contributed by atoms with Crippen LogP contribution in [0.25, 0.3) is 0 Å². The molecule has 2 fully saturated rings. The molecule has 2 aliphatic rings. The van der Waals surface area contributed by atoms with Crippen molar-refractivity contribution in [1.29, 1.82) is 0 Å². The van der Waals surface area contributed by atoms with Crippen LogP contribution in [0.3, 0.4) is 0 Å². The SMILES string of the molecule is CC(C)(C)I(OS(=O)(=O)CC12CCC(CC1=O)C2(C)C)c1ccccc1. The van der Waals surface area contributed by atoms with E-state index in [-0.39, 0.29) is 20.4 Å². The van der Waals surface area contributed by atoms with Crippen molar-refractivity contribution in [2.45, 2.75) is 57.3 Å². The Kier molecular flexibility index (Phi) is 5.11. The Labute approximate surface area is 165 Å². The molecule has 3 rings (SSSR count). The summed E-state index contributed by atoms with van der Waals surface area (Å²) in [6.07, 6.45) is 2.12. The molecular weight excluding hydrogens is 463 g/mol. The first-order valence-electron chi connectivity index (χ1n) is 9.10. The molecular formula is C20H29IO4S. The molecule has 6 heteroatoms. The van der Waals surface area contributed by atoms with E-state index in [1.165, 1.54) is 0 Å². The number of ketones is 1. The molecule has 0 radical (unpaired) electrons. The fraction of sp³-hybridized carbons (Fsp3) is 0.650. The van der Waals surface area contributed by atoms with Gasteiger partial charge in [-0.05, 0) is 0 Å². The second-order valence-electron chi connectivity index (χ2n) is 9.04. The van der Waals surface area contributed by atoms with Crippen molar-refractivity contribution >= 4 is 36.1 Å². The Morgan fingerprint density at radius 3 is 2.27 bits per heavy atom. The predicted octanol–water partition coefficient (Wildman–Crippen LogP) is 4.82. The van der Waals surface area contributed by atoms with E-state index in [0.717, 1.165) is 9.99 Å². The van der Waals surface area contributed by atoms with Crippen LogP contribution in [-0.4, -0.2) is 23.4 Å². The number of hydrogen-bond donors (Lipinski definition) is 0. The Morgan fingerprint density at radius 1 is 1.19 bits per heavy atom. The number of hydrogen-bond acceptors (Lipinski definition) is 4. The molecule has 0 N–H and O–H groups in total. The predicted molar refractivity (Wildman–Crippen MR) is 112 cm³/mol. The molecule has 1 aromatic carbocycles. The summed E-state index contributed by atoms with van der Waals surface area (Å²) < 4.78 is 32.9. The van der Waals surface area contributed by atoms with Gasteiger partial charge in [0.2, 0.25) is 0 Å². The Morgan fingerprint density at radius 2 is 1.81 bits per heavy atom. The number of Topliss-reactive ketones (excluding diaryl/α,β-unsaturated/α-hetero) is 1. The standard InChI is InChI=1S/C20H29IO4S/c1-18(2,3)21(16-9-7-6-8-10-16)25-26(23,24)14-20-12-11-15(13-17(20)22)19(20,4)5/h6-10,15H,11-14H2,1-5H3. The van der Waals surface area contributed by atoms with Crippen LogP contribution in [0.2, 0.25) is 0 Å². The van der Waals surface area contributed by atoms with Crippen molar-refractivity contribution in [3.63, 3.8) is 0 Å². The summed E-state index contributed by atoms with van der Waals surface area (Å²) >= 11 is -2.47. The molecule has 2 atom stereocenters. The number of benzene rings is 1. The second-order valence-corrected chi connectivity index (χ2v) is 17.6. The third-order valence-electron chi connectivity index (χ3n) is 6.17. The zero-order chi connectivity index (χ0) is 19.4. The second kappa shape index (κ2) is 6.55. The summed E-state index contributed by atoms with van der Waals surface area (Å²) in [6.45, 7) is 10.2. The van der Waals surface area contributed by atoms with Crippen LogP contribution in [0, 0.1) is 20.3 Å².